The smallest absolute Gasteiger partial charge is 0.0469 e. The molecule has 1 unspecified atom stereocenters. The average molecular weight is 207 g/mol. The SMILES string of the molecule is CCCOCCC(CCl)CC(C)C. The predicted molar refractivity (Wildman–Crippen MR) is 59.4 cm³/mol. The third-order valence-corrected chi connectivity index (χ3v) is 2.48. The zero-order valence-corrected chi connectivity index (χ0v) is 9.94. The van der Waals surface area contributed by atoms with Gasteiger partial charge in [0.2, 0.25) is 0 Å². The fraction of sp³-hybridized carbons (Fsp3) is 1.00. The molecular weight excluding hydrogens is 184 g/mol. The van der Waals surface area contributed by atoms with Crippen LogP contribution < -0.4 is 0 Å². The van der Waals surface area contributed by atoms with Gasteiger partial charge in [-0.3, -0.25) is 0 Å². The Morgan fingerprint density at radius 1 is 1.23 bits per heavy atom. The maximum Gasteiger partial charge on any atom is 0.0469 e. The van der Waals surface area contributed by atoms with Crippen molar-refractivity contribution in [1.82, 2.24) is 0 Å². The third kappa shape index (κ3) is 8.58. The van der Waals surface area contributed by atoms with E-state index in [1.165, 1.54) is 6.42 Å². The molecule has 1 nitrogen and oxygen atoms in total. The van der Waals surface area contributed by atoms with E-state index in [-0.39, 0.29) is 0 Å². The Labute approximate surface area is 87.8 Å². The molecular formula is C11H23ClO. The van der Waals surface area contributed by atoms with Gasteiger partial charge in [0.25, 0.3) is 0 Å². The van der Waals surface area contributed by atoms with Gasteiger partial charge in [-0.25, -0.2) is 0 Å². The summed E-state index contributed by atoms with van der Waals surface area (Å²) in [7, 11) is 0. The highest BCUT2D eigenvalue weighted by molar-refractivity contribution is 6.18. The topological polar surface area (TPSA) is 9.23 Å². The van der Waals surface area contributed by atoms with Gasteiger partial charge in [-0.05, 0) is 31.1 Å². The molecule has 2 heteroatoms. The lowest BCUT2D eigenvalue weighted by Gasteiger charge is -2.15. The maximum atomic E-state index is 5.87. The first-order valence-electron chi connectivity index (χ1n) is 5.34. The van der Waals surface area contributed by atoms with Crippen molar-refractivity contribution in [2.24, 2.45) is 11.8 Å². The Morgan fingerprint density at radius 2 is 1.92 bits per heavy atom. The summed E-state index contributed by atoms with van der Waals surface area (Å²) < 4.78 is 5.44. The standard InChI is InChI=1S/C11H23ClO/c1-4-6-13-7-5-11(9-12)8-10(2)3/h10-11H,4-9H2,1-3H3. The second kappa shape index (κ2) is 8.83. The van der Waals surface area contributed by atoms with Gasteiger partial charge >= 0.3 is 0 Å². The van der Waals surface area contributed by atoms with Crippen LogP contribution in [0.15, 0.2) is 0 Å². The molecule has 0 fully saturated rings. The molecule has 1 atom stereocenters. The van der Waals surface area contributed by atoms with Gasteiger partial charge in [-0.15, -0.1) is 11.6 Å². The van der Waals surface area contributed by atoms with Crippen LogP contribution in [0.5, 0.6) is 0 Å². The molecule has 0 bridgehead atoms. The largest absolute Gasteiger partial charge is 0.381 e. The molecule has 0 saturated carbocycles. The molecule has 0 aliphatic rings. The molecule has 0 radical (unpaired) electrons. The molecule has 0 aromatic rings. The van der Waals surface area contributed by atoms with Gasteiger partial charge in [0.1, 0.15) is 0 Å². The summed E-state index contributed by atoms with van der Waals surface area (Å²) >= 11 is 5.87. The van der Waals surface area contributed by atoms with Crippen molar-refractivity contribution in [2.75, 3.05) is 19.1 Å². The van der Waals surface area contributed by atoms with E-state index in [1.54, 1.807) is 0 Å². The predicted octanol–water partition coefficient (Wildman–Crippen LogP) is 3.70. The van der Waals surface area contributed by atoms with Crippen LogP contribution in [0.3, 0.4) is 0 Å². The summed E-state index contributed by atoms with van der Waals surface area (Å²) in [5, 5.41) is 0. The summed E-state index contributed by atoms with van der Waals surface area (Å²) in [6.45, 7) is 8.38. The molecule has 0 saturated heterocycles. The molecule has 80 valence electrons. The molecule has 0 aromatic heterocycles. The molecule has 0 spiro atoms. The van der Waals surface area contributed by atoms with Crippen molar-refractivity contribution >= 4 is 11.6 Å². The van der Waals surface area contributed by atoms with Crippen molar-refractivity contribution < 1.29 is 4.74 Å². The van der Waals surface area contributed by atoms with E-state index in [1.807, 2.05) is 0 Å². The lowest BCUT2D eigenvalue weighted by Crippen LogP contribution is -2.10. The van der Waals surface area contributed by atoms with E-state index in [9.17, 15) is 0 Å². The molecule has 13 heavy (non-hydrogen) atoms. The van der Waals surface area contributed by atoms with Crippen LogP contribution in [0.1, 0.15) is 40.0 Å². The zero-order chi connectivity index (χ0) is 10.1. The van der Waals surface area contributed by atoms with Gasteiger partial charge < -0.3 is 4.74 Å². The van der Waals surface area contributed by atoms with Gasteiger partial charge in [0.05, 0.1) is 0 Å². The average Bonchev–Trinajstić information content (AvgIpc) is 2.09. The summed E-state index contributed by atoms with van der Waals surface area (Å²) in [4.78, 5) is 0. The first kappa shape index (κ1) is 13.2. The van der Waals surface area contributed by atoms with E-state index in [2.05, 4.69) is 20.8 Å². The maximum absolute atomic E-state index is 5.87. The highest BCUT2D eigenvalue weighted by Gasteiger charge is 2.09. The Morgan fingerprint density at radius 3 is 2.38 bits per heavy atom. The van der Waals surface area contributed by atoms with Crippen LogP contribution in [0.25, 0.3) is 0 Å². The summed E-state index contributed by atoms with van der Waals surface area (Å²) in [5.74, 6) is 2.15. The lowest BCUT2D eigenvalue weighted by molar-refractivity contribution is 0.120. The summed E-state index contributed by atoms with van der Waals surface area (Å²) in [5.41, 5.74) is 0. The fourth-order valence-electron chi connectivity index (χ4n) is 1.42. The summed E-state index contributed by atoms with van der Waals surface area (Å²) in [6, 6.07) is 0. The summed E-state index contributed by atoms with van der Waals surface area (Å²) in [6.07, 6.45) is 3.44. The Hall–Kier alpha value is 0.250. The van der Waals surface area contributed by atoms with Crippen LogP contribution >= 0.6 is 11.6 Å². The second-order valence-electron chi connectivity index (χ2n) is 4.05. The third-order valence-electron chi connectivity index (χ3n) is 2.04. The first-order chi connectivity index (χ1) is 6.20. The zero-order valence-electron chi connectivity index (χ0n) is 9.18. The quantitative estimate of drug-likeness (QED) is 0.435. The number of ether oxygens (including phenoxy) is 1. The molecule has 0 aliphatic heterocycles. The van der Waals surface area contributed by atoms with E-state index < -0.39 is 0 Å². The number of hydrogen-bond donors (Lipinski definition) is 0. The number of hydrogen-bond acceptors (Lipinski definition) is 1. The van der Waals surface area contributed by atoms with Crippen molar-refractivity contribution in [3.63, 3.8) is 0 Å². The Balaban J connectivity index is 3.36. The Kier molecular flexibility index (Phi) is 9.00. The number of halogens is 1. The van der Waals surface area contributed by atoms with Crippen molar-refractivity contribution in [2.45, 2.75) is 40.0 Å². The lowest BCUT2D eigenvalue weighted by atomic mass is 9.96. The highest BCUT2D eigenvalue weighted by atomic mass is 35.5. The van der Waals surface area contributed by atoms with Crippen LogP contribution in [-0.4, -0.2) is 19.1 Å². The van der Waals surface area contributed by atoms with E-state index >= 15 is 0 Å². The normalized spacial score (nSPS) is 13.6. The van der Waals surface area contributed by atoms with Gasteiger partial charge in [-0.2, -0.15) is 0 Å². The van der Waals surface area contributed by atoms with Crippen molar-refractivity contribution in [1.29, 1.82) is 0 Å². The number of alkyl halides is 1. The fourth-order valence-corrected chi connectivity index (χ4v) is 1.70. The molecule has 0 rings (SSSR count). The van der Waals surface area contributed by atoms with Gasteiger partial charge in [-0.1, -0.05) is 20.8 Å². The van der Waals surface area contributed by atoms with E-state index in [0.717, 1.165) is 37.9 Å². The minimum absolute atomic E-state index is 0.638. The number of rotatable bonds is 8. The van der Waals surface area contributed by atoms with Crippen LogP contribution in [0, 0.1) is 11.8 Å². The molecule has 0 aliphatic carbocycles. The van der Waals surface area contributed by atoms with Crippen molar-refractivity contribution in [3.05, 3.63) is 0 Å². The molecule has 0 aromatic carbocycles. The molecule has 0 N–H and O–H groups in total. The first-order valence-corrected chi connectivity index (χ1v) is 5.87. The molecule has 0 heterocycles. The minimum atomic E-state index is 0.638. The molecule has 0 amide bonds. The second-order valence-corrected chi connectivity index (χ2v) is 4.36. The monoisotopic (exact) mass is 206 g/mol. The van der Waals surface area contributed by atoms with Gasteiger partial charge in [0, 0.05) is 19.1 Å². The highest BCUT2D eigenvalue weighted by Crippen LogP contribution is 2.16. The van der Waals surface area contributed by atoms with E-state index in [0.29, 0.717) is 5.92 Å². The van der Waals surface area contributed by atoms with Gasteiger partial charge in [0.15, 0.2) is 0 Å². The van der Waals surface area contributed by atoms with Crippen LogP contribution in [0.2, 0.25) is 0 Å². The van der Waals surface area contributed by atoms with Crippen LogP contribution in [0.4, 0.5) is 0 Å². The van der Waals surface area contributed by atoms with Crippen LogP contribution in [-0.2, 0) is 4.74 Å². The van der Waals surface area contributed by atoms with Crippen molar-refractivity contribution in [3.8, 4) is 0 Å². The Bertz CT molecular complexity index is 104. The van der Waals surface area contributed by atoms with E-state index in [4.69, 9.17) is 16.3 Å². The minimum Gasteiger partial charge on any atom is -0.381 e.